The summed E-state index contributed by atoms with van der Waals surface area (Å²) in [6.07, 6.45) is 0.633. The summed E-state index contributed by atoms with van der Waals surface area (Å²) in [6, 6.07) is 4.91. The maximum absolute atomic E-state index is 14.1. The molecule has 2 aromatic rings. The predicted octanol–water partition coefficient (Wildman–Crippen LogP) is 2.68. The second-order valence-corrected chi connectivity index (χ2v) is 7.82. The van der Waals surface area contributed by atoms with Crippen LogP contribution in [-0.2, 0) is 6.54 Å². The van der Waals surface area contributed by atoms with Gasteiger partial charge in [-0.2, -0.15) is 0 Å². The lowest BCUT2D eigenvalue weighted by atomic mass is 10.1. The zero-order valence-corrected chi connectivity index (χ0v) is 17.1. The average molecular weight is 402 g/mol. The molecule has 1 fully saturated rings. The monoisotopic (exact) mass is 402 g/mol. The van der Waals surface area contributed by atoms with Gasteiger partial charge in [0.15, 0.2) is 5.69 Å². The van der Waals surface area contributed by atoms with Crippen molar-refractivity contribution in [2.75, 3.05) is 11.9 Å². The van der Waals surface area contributed by atoms with Crippen molar-refractivity contribution in [3.05, 3.63) is 41.2 Å². The van der Waals surface area contributed by atoms with Crippen LogP contribution in [0.2, 0.25) is 0 Å². The summed E-state index contributed by atoms with van der Waals surface area (Å²) in [7, 11) is 0. The Hall–Kier alpha value is -2.97. The standard InChI is InChI=1S/C20H27FN6O2/c1-12(2)22-19(28)18-11-26(25-24-18)10-17-8-15(21)9-27(17)20(29)23-16-6-5-13(3)14(4)7-16/h5-7,11-12,15,17H,8-10H2,1-4H3,(H,22,28)(H,23,29). The number of anilines is 1. The second-order valence-electron chi connectivity index (χ2n) is 7.82. The molecule has 2 unspecified atom stereocenters. The van der Waals surface area contributed by atoms with E-state index >= 15 is 0 Å². The van der Waals surface area contributed by atoms with Crippen molar-refractivity contribution in [3.8, 4) is 0 Å². The Morgan fingerprint density at radius 2 is 2.03 bits per heavy atom. The zero-order valence-electron chi connectivity index (χ0n) is 17.1. The molecule has 2 atom stereocenters. The Bertz CT molecular complexity index is 897. The van der Waals surface area contributed by atoms with Crippen LogP contribution in [0.3, 0.4) is 0 Å². The van der Waals surface area contributed by atoms with Crippen LogP contribution in [-0.4, -0.2) is 56.6 Å². The van der Waals surface area contributed by atoms with Crippen molar-refractivity contribution in [3.63, 3.8) is 0 Å². The summed E-state index contributed by atoms with van der Waals surface area (Å²) in [5.41, 5.74) is 3.07. The van der Waals surface area contributed by atoms with Crippen LogP contribution < -0.4 is 10.6 Å². The first-order valence-electron chi connectivity index (χ1n) is 9.73. The van der Waals surface area contributed by atoms with Gasteiger partial charge in [-0.15, -0.1) is 5.10 Å². The number of halogens is 1. The Balaban J connectivity index is 1.67. The lowest BCUT2D eigenvalue weighted by molar-refractivity contribution is 0.0938. The Morgan fingerprint density at radius 1 is 1.28 bits per heavy atom. The van der Waals surface area contributed by atoms with E-state index in [9.17, 15) is 14.0 Å². The van der Waals surface area contributed by atoms with Gasteiger partial charge in [-0.3, -0.25) is 4.79 Å². The van der Waals surface area contributed by atoms with Crippen LogP contribution in [0.25, 0.3) is 0 Å². The smallest absolute Gasteiger partial charge is 0.322 e. The van der Waals surface area contributed by atoms with Crippen LogP contribution >= 0.6 is 0 Å². The number of aryl methyl sites for hydroxylation is 2. The number of hydrogen-bond acceptors (Lipinski definition) is 4. The molecule has 0 bridgehead atoms. The Kier molecular flexibility index (Phi) is 6.14. The van der Waals surface area contributed by atoms with Gasteiger partial charge < -0.3 is 15.5 Å². The van der Waals surface area contributed by atoms with Crippen LogP contribution in [0.5, 0.6) is 0 Å². The topological polar surface area (TPSA) is 92.2 Å². The minimum absolute atomic E-state index is 0.0145. The number of nitrogens with one attached hydrogen (secondary N) is 2. The van der Waals surface area contributed by atoms with Gasteiger partial charge in [0.2, 0.25) is 0 Å². The molecule has 2 heterocycles. The summed E-state index contributed by atoms with van der Waals surface area (Å²) in [5, 5.41) is 13.4. The number of amides is 3. The fourth-order valence-electron chi connectivity index (χ4n) is 3.34. The second kappa shape index (κ2) is 8.59. The van der Waals surface area contributed by atoms with E-state index in [1.165, 1.54) is 15.8 Å². The fourth-order valence-corrected chi connectivity index (χ4v) is 3.34. The highest BCUT2D eigenvalue weighted by Gasteiger charge is 2.36. The third kappa shape index (κ3) is 5.10. The van der Waals surface area contributed by atoms with E-state index in [2.05, 4.69) is 20.9 Å². The summed E-state index contributed by atoms with van der Waals surface area (Å²) >= 11 is 0. The predicted molar refractivity (Wildman–Crippen MR) is 108 cm³/mol. The molecule has 1 aromatic heterocycles. The van der Waals surface area contributed by atoms with Crippen LogP contribution in [0.15, 0.2) is 24.4 Å². The molecule has 0 aliphatic carbocycles. The quantitative estimate of drug-likeness (QED) is 0.804. The van der Waals surface area contributed by atoms with Crippen molar-refractivity contribution < 1.29 is 14.0 Å². The number of benzene rings is 1. The lowest BCUT2D eigenvalue weighted by Crippen LogP contribution is -2.41. The van der Waals surface area contributed by atoms with E-state index in [0.29, 0.717) is 5.69 Å². The van der Waals surface area contributed by atoms with Crippen LogP contribution in [0.4, 0.5) is 14.9 Å². The molecule has 3 rings (SSSR count). The van der Waals surface area contributed by atoms with Gasteiger partial charge in [-0.05, 0) is 51.0 Å². The van der Waals surface area contributed by atoms with Gasteiger partial charge in [0.1, 0.15) is 6.17 Å². The summed E-state index contributed by atoms with van der Waals surface area (Å²) in [6.45, 7) is 7.97. The first-order valence-corrected chi connectivity index (χ1v) is 9.73. The van der Waals surface area contributed by atoms with Crippen molar-refractivity contribution in [2.24, 2.45) is 0 Å². The molecular formula is C20H27FN6O2. The van der Waals surface area contributed by atoms with E-state index in [4.69, 9.17) is 0 Å². The first-order chi connectivity index (χ1) is 13.7. The van der Waals surface area contributed by atoms with Crippen molar-refractivity contribution in [2.45, 2.75) is 58.9 Å². The number of likely N-dealkylation sites (tertiary alicyclic amines) is 1. The number of urea groups is 1. The minimum Gasteiger partial charge on any atom is -0.348 e. The molecule has 0 radical (unpaired) electrons. The van der Waals surface area contributed by atoms with Gasteiger partial charge in [-0.1, -0.05) is 11.3 Å². The molecule has 1 saturated heterocycles. The highest BCUT2D eigenvalue weighted by molar-refractivity contribution is 5.92. The fraction of sp³-hybridized carbons (Fsp3) is 0.500. The highest BCUT2D eigenvalue weighted by Crippen LogP contribution is 2.23. The summed E-state index contributed by atoms with van der Waals surface area (Å²) < 4.78 is 15.6. The number of alkyl halides is 1. The number of carbonyl (C=O) groups excluding carboxylic acids is 2. The zero-order chi connectivity index (χ0) is 21.1. The van der Waals surface area contributed by atoms with E-state index in [-0.39, 0.29) is 49.2 Å². The van der Waals surface area contributed by atoms with E-state index in [1.807, 2.05) is 45.9 Å². The molecular weight excluding hydrogens is 375 g/mol. The third-order valence-corrected chi connectivity index (χ3v) is 4.97. The highest BCUT2D eigenvalue weighted by atomic mass is 19.1. The van der Waals surface area contributed by atoms with E-state index in [0.717, 1.165) is 11.1 Å². The molecule has 0 saturated carbocycles. The van der Waals surface area contributed by atoms with Gasteiger partial charge in [0.05, 0.1) is 25.3 Å². The lowest BCUT2D eigenvalue weighted by Gasteiger charge is -2.24. The Labute approximate surface area is 169 Å². The van der Waals surface area contributed by atoms with E-state index in [1.54, 1.807) is 0 Å². The maximum atomic E-state index is 14.1. The first kappa shape index (κ1) is 20.8. The summed E-state index contributed by atoms with van der Waals surface area (Å²) in [5.74, 6) is -0.314. The van der Waals surface area contributed by atoms with Crippen LogP contribution in [0, 0.1) is 13.8 Å². The van der Waals surface area contributed by atoms with Crippen molar-refractivity contribution >= 4 is 17.6 Å². The Morgan fingerprint density at radius 3 is 2.72 bits per heavy atom. The summed E-state index contributed by atoms with van der Waals surface area (Å²) in [4.78, 5) is 26.2. The van der Waals surface area contributed by atoms with E-state index < -0.39 is 6.17 Å². The molecule has 1 aliphatic heterocycles. The van der Waals surface area contributed by atoms with Gasteiger partial charge >= 0.3 is 6.03 Å². The molecule has 8 nitrogen and oxygen atoms in total. The number of rotatable bonds is 5. The molecule has 1 aliphatic rings. The molecule has 1 aromatic carbocycles. The third-order valence-electron chi connectivity index (χ3n) is 4.97. The molecule has 9 heteroatoms. The number of nitrogens with zero attached hydrogens (tertiary/aromatic N) is 4. The molecule has 2 N–H and O–H groups in total. The van der Waals surface area contributed by atoms with Crippen molar-refractivity contribution in [1.82, 2.24) is 25.2 Å². The average Bonchev–Trinajstić information content (AvgIpc) is 3.24. The molecule has 29 heavy (non-hydrogen) atoms. The minimum atomic E-state index is -1.10. The molecule has 156 valence electrons. The largest absolute Gasteiger partial charge is 0.348 e. The van der Waals surface area contributed by atoms with Gasteiger partial charge in [0, 0.05) is 18.2 Å². The van der Waals surface area contributed by atoms with Gasteiger partial charge in [0.25, 0.3) is 5.91 Å². The number of aromatic nitrogens is 3. The van der Waals surface area contributed by atoms with Gasteiger partial charge in [-0.25, -0.2) is 13.9 Å². The normalized spacial score (nSPS) is 18.9. The van der Waals surface area contributed by atoms with Crippen LogP contribution in [0.1, 0.15) is 41.9 Å². The number of hydrogen-bond donors (Lipinski definition) is 2. The molecule has 0 spiro atoms. The van der Waals surface area contributed by atoms with Crippen molar-refractivity contribution in [1.29, 1.82) is 0 Å². The maximum Gasteiger partial charge on any atom is 0.322 e. The number of carbonyl (C=O) groups is 2. The SMILES string of the molecule is Cc1ccc(NC(=O)N2CC(F)CC2Cn2cc(C(=O)NC(C)C)nn2)cc1C. The molecule has 3 amide bonds.